The molecule has 1 amide bonds. The van der Waals surface area contributed by atoms with Crippen LogP contribution in [-0.4, -0.2) is 29.9 Å². The average molecular weight is 303 g/mol. The highest BCUT2D eigenvalue weighted by Gasteiger charge is 2.24. The van der Waals surface area contributed by atoms with E-state index in [0.29, 0.717) is 18.2 Å². The van der Waals surface area contributed by atoms with Crippen LogP contribution >= 0.6 is 23.7 Å². The van der Waals surface area contributed by atoms with E-state index in [9.17, 15) is 4.79 Å². The van der Waals surface area contributed by atoms with Gasteiger partial charge in [-0.2, -0.15) is 0 Å². The summed E-state index contributed by atoms with van der Waals surface area (Å²) in [4.78, 5) is 15.4. The fraction of sp³-hybridized carbons (Fsp3) is 0.643. The number of nitrogens with zero attached hydrogens (tertiary/aromatic N) is 1. The fourth-order valence-electron chi connectivity index (χ4n) is 2.52. The molecule has 108 valence electrons. The molecular weight excluding hydrogens is 280 g/mol. The Hall–Kier alpha value is -0.580. The fourth-order valence-corrected chi connectivity index (χ4v) is 3.23. The highest BCUT2D eigenvalue weighted by molar-refractivity contribution is 7.09. The second-order valence-corrected chi connectivity index (χ2v) is 6.19. The molecule has 1 unspecified atom stereocenters. The van der Waals surface area contributed by atoms with Gasteiger partial charge in [-0.1, -0.05) is 6.07 Å². The van der Waals surface area contributed by atoms with Crippen molar-refractivity contribution in [3.05, 3.63) is 22.4 Å². The average Bonchev–Trinajstić information content (AvgIpc) is 2.89. The Labute approximate surface area is 125 Å². The predicted octanol–water partition coefficient (Wildman–Crippen LogP) is 2.69. The molecule has 1 saturated heterocycles. The largest absolute Gasteiger partial charge is 0.343 e. The van der Waals surface area contributed by atoms with Crippen LogP contribution in [0.2, 0.25) is 0 Å². The molecule has 1 aromatic rings. The van der Waals surface area contributed by atoms with Gasteiger partial charge in [0.25, 0.3) is 0 Å². The van der Waals surface area contributed by atoms with Crippen LogP contribution in [-0.2, 0) is 11.2 Å². The zero-order chi connectivity index (χ0) is 13.0. The molecule has 0 bridgehead atoms. The van der Waals surface area contributed by atoms with Crippen LogP contribution in [0.25, 0.3) is 0 Å². The Kier molecular flexibility index (Phi) is 6.83. The number of thiophene rings is 1. The Morgan fingerprint density at radius 3 is 2.74 bits per heavy atom. The highest BCUT2D eigenvalue weighted by atomic mass is 35.5. The summed E-state index contributed by atoms with van der Waals surface area (Å²) < 4.78 is 0. The molecule has 1 aliphatic heterocycles. The van der Waals surface area contributed by atoms with Gasteiger partial charge in [0, 0.05) is 30.4 Å². The molecule has 0 aliphatic carbocycles. The molecule has 5 heteroatoms. The molecule has 1 atom stereocenters. The van der Waals surface area contributed by atoms with E-state index in [1.54, 1.807) is 11.3 Å². The lowest BCUT2D eigenvalue weighted by Gasteiger charge is -2.33. The summed E-state index contributed by atoms with van der Waals surface area (Å²) in [6.45, 7) is 3.84. The van der Waals surface area contributed by atoms with Crippen molar-refractivity contribution in [2.24, 2.45) is 11.7 Å². The van der Waals surface area contributed by atoms with Gasteiger partial charge in [0.2, 0.25) is 5.91 Å². The van der Waals surface area contributed by atoms with Gasteiger partial charge >= 0.3 is 0 Å². The second kappa shape index (κ2) is 7.88. The first-order valence-electron chi connectivity index (χ1n) is 6.72. The van der Waals surface area contributed by atoms with Crippen LogP contribution in [0.3, 0.4) is 0 Å². The molecule has 1 fully saturated rings. The maximum Gasteiger partial charge on any atom is 0.222 e. The molecule has 0 spiro atoms. The molecule has 0 radical (unpaired) electrons. The first-order valence-corrected chi connectivity index (χ1v) is 7.60. The summed E-state index contributed by atoms with van der Waals surface area (Å²) in [5, 5.41) is 2.06. The minimum atomic E-state index is 0. The van der Waals surface area contributed by atoms with Gasteiger partial charge in [0.05, 0.1) is 0 Å². The third kappa shape index (κ3) is 4.79. The maximum absolute atomic E-state index is 12.1. The van der Waals surface area contributed by atoms with Gasteiger partial charge in [-0.25, -0.2) is 0 Å². The number of hydrogen-bond donors (Lipinski definition) is 1. The summed E-state index contributed by atoms with van der Waals surface area (Å²) in [5.41, 5.74) is 5.91. The number of carbonyl (C=O) groups is 1. The van der Waals surface area contributed by atoms with Crippen LogP contribution < -0.4 is 5.73 Å². The minimum Gasteiger partial charge on any atom is -0.343 e. The van der Waals surface area contributed by atoms with Crippen LogP contribution in [0.5, 0.6) is 0 Å². The Morgan fingerprint density at radius 1 is 1.53 bits per heavy atom. The topological polar surface area (TPSA) is 46.3 Å². The molecule has 19 heavy (non-hydrogen) atoms. The monoisotopic (exact) mass is 302 g/mol. The van der Waals surface area contributed by atoms with Gasteiger partial charge in [-0.3, -0.25) is 4.79 Å². The predicted molar refractivity (Wildman–Crippen MR) is 82.8 cm³/mol. The number of carbonyl (C=O) groups excluding carboxylic acids is 1. The van der Waals surface area contributed by atoms with Crippen molar-refractivity contribution >= 4 is 29.7 Å². The quantitative estimate of drug-likeness (QED) is 0.929. The summed E-state index contributed by atoms with van der Waals surface area (Å²) in [7, 11) is 0. The first-order chi connectivity index (χ1) is 8.66. The number of nitrogens with two attached hydrogens (primary N) is 1. The first kappa shape index (κ1) is 16.5. The van der Waals surface area contributed by atoms with Crippen LogP contribution in [0.15, 0.2) is 17.5 Å². The van der Waals surface area contributed by atoms with E-state index < -0.39 is 0 Å². The smallest absolute Gasteiger partial charge is 0.222 e. The number of piperidine rings is 1. The van der Waals surface area contributed by atoms with Gasteiger partial charge in [-0.05, 0) is 43.6 Å². The van der Waals surface area contributed by atoms with Crippen LogP contribution in [0, 0.1) is 5.92 Å². The van der Waals surface area contributed by atoms with E-state index in [0.717, 1.165) is 32.4 Å². The van der Waals surface area contributed by atoms with Crippen molar-refractivity contribution in [1.82, 2.24) is 4.90 Å². The zero-order valence-electron chi connectivity index (χ0n) is 11.4. The Morgan fingerprint density at radius 2 is 2.21 bits per heavy atom. The molecule has 2 N–H and O–H groups in total. The van der Waals surface area contributed by atoms with E-state index in [4.69, 9.17) is 5.73 Å². The van der Waals surface area contributed by atoms with Gasteiger partial charge in [-0.15, -0.1) is 23.7 Å². The van der Waals surface area contributed by atoms with Gasteiger partial charge in [0.1, 0.15) is 0 Å². The van der Waals surface area contributed by atoms with Gasteiger partial charge in [0.15, 0.2) is 0 Å². The minimum absolute atomic E-state index is 0. The van der Waals surface area contributed by atoms with Crippen molar-refractivity contribution in [2.75, 3.05) is 13.1 Å². The summed E-state index contributed by atoms with van der Waals surface area (Å²) in [5.74, 6) is 0.887. The van der Waals surface area contributed by atoms with Crippen molar-refractivity contribution in [3.8, 4) is 0 Å². The van der Waals surface area contributed by atoms with Crippen LogP contribution in [0.4, 0.5) is 0 Å². The number of hydrogen-bond acceptors (Lipinski definition) is 3. The Balaban J connectivity index is 0.00000180. The normalized spacial score (nSPS) is 17.9. The number of likely N-dealkylation sites (tertiary alicyclic amines) is 1. The van der Waals surface area contributed by atoms with E-state index in [-0.39, 0.29) is 18.4 Å². The van der Waals surface area contributed by atoms with E-state index in [2.05, 4.69) is 18.4 Å². The number of halogens is 1. The maximum atomic E-state index is 12.1. The highest BCUT2D eigenvalue weighted by Crippen LogP contribution is 2.20. The van der Waals surface area contributed by atoms with Crippen molar-refractivity contribution in [3.63, 3.8) is 0 Å². The summed E-state index contributed by atoms with van der Waals surface area (Å²) in [6.07, 6.45) is 3.64. The second-order valence-electron chi connectivity index (χ2n) is 5.16. The number of rotatable bonds is 4. The van der Waals surface area contributed by atoms with Gasteiger partial charge < -0.3 is 10.6 Å². The van der Waals surface area contributed by atoms with Crippen molar-refractivity contribution < 1.29 is 4.79 Å². The molecular formula is C14H23ClN2OS. The van der Waals surface area contributed by atoms with E-state index >= 15 is 0 Å². The summed E-state index contributed by atoms with van der Waals surface area (Å²) >= 11 is 1.73. The van der Waals surface area contributed by atoms with Crippen molar-refractivity contribution in [2.45, 2.75) is 38.6 Å². The molecule has 0 aromatic carbocycles. The lowest BCUT2D eigenvalue weighted by atomic mass is 9.91. The van der Waals surface area contributed by atoms with E-state index in [1.165, 1.54) is 4.88 Å². The molecule has 2 heterocycles. The standard InChI is InChI=1S/C14H22N2OS.ClH/c1-11(15)12-6-8-16(9-7-12)14(17)5-4-13-3-2-10-18-13;/h2-3,10-12H,4-9,15H2,1H3;1H. The number of aryl methyl sites for hydroxylation is 1. The zero-order valence-corrected chi connectivity index (χ0v) is 13.0. The van der Waals surface area contributed by atoms with Crippen LogP contribution in [0.1, 0.15) is 31.1 Å². The Bertz CT molecular complexity index is 373. The molecule has 1 aliphatic rings. The van der Waals surface area contributed by atoms with Crippen molar-refractivity contribution in [1.29, 1.82) is 0 Å². The lowest BCUT2D eigenvalue weighted by molar-refractivity contribution is -0.132. The molecule has 3 nitrogen and oxygen atoms in total. The molecule has 0 saturated carbocycles. The lowest BCUT2D eigenvalue weighted by Crippen LogP contribution is -2.42. The SMILES string of the molecule is CC(N)C1CCN(C(=O)CCc2cccs2)CC1.Cl. The number of amides is 1. The van der Waals surface area contributed by atoms with E-state index in [1.807, 2.05) is 11.0 Å². The third-order valence-corrected chi connectivity index (χ3v) is 4.74. The summed E-state index contributed by atoms with van der Waals surface area (Å²) in [6, 6.07) is 4.40. The third-order valence-electron chi connectivity index (χ3n) is 3.80. The molecule has 2 rings (SSSR count). The molecule has 1 aromatic heterocycles.